The summed E-state index contributed by atoms with van der Waals surface area (Å²) in [7, 11) is 0. The molecule has 142 valence electrons. The van der Waals surface area contributed by atoms with Gasteiger partial charge in [0.05, 0.1) is 5.69 Å². The number of benzene rings is 2. The predicted octanol–water partition coefficient (Wildman–Crippen LogP) is 6.03. The second-order valence-electron chi connectivity index (χ2n) is 6.00. The van der Waals surface area contributed by atoms with Gasteiger partial charge in [-0.25, -0.2) is 4.98 Å². The summed E-state index contributed by atoms with van der Waals surface area (Å²) in [6, 6.07) is 15.3. The Morgan fingerprint density at radius 2 is 1.86 bits per heavy atom. The molecule has 0 saturated heterocycles. The summed E-state index contributed by atoms with van der Waals surface area (Å²) in [5, 5.41) is 12.4. The summed E-state index contributed by atoms with van der Waals surface area (Å²) < 4.78 is 11.5. The van der Waals surface area contributed by atoms with Crippen LogP contribution < -0.4 is 4.74 Å². The minimum Gasteiger partial charge on any atom is -0.486 e. The Morgan fingerprint density at radius 1 is 1.07 bits per heavy atom. The number of thiazole rings is 1. The van der Waals surface area contributed by atoms with Crippen LogP contribution in [0.15, 0.2) is 63.6 Å². The van der Waals surface area contributed by atoms with Crippen molar-refractivity contribution in [1.29, 1.82) is 0 Å². The fourth-order valence-electron chi connectivity index (χ4n) is 2.37. The molecule has 4 rings (SSSR count). The molecular weight excluding hydrogens is 414 g/mol. The average molecular weight is 430 g/mol. The van der Waals surface area contributed by atoms with Crippen LogP contribution in [0, 0.1) is 6.92 Å². The van der Waals surface area contributed by atoms with Gasteiger partial charge in [0.15, 0.2) is 0 Å². The van der Waals surface area contributed by atoms with Gasteiger partial charge in [-0.2, -0.15) is 0 Å². The van der Waals surface area contributed by atoms with Gasteiger partial charge in [-0.05, 0) is 43.3 Å². The molecule has 28 heavy (non-hydrogen) atoms. The largest absolute Gasteiger partial charge is 0.486 e. The molecule has 2 heterocycles. The van der Waals surface area contributed by atoms with Crippen LogP contribution in [0.5, 0.6) is 5.75 Å². The summed E-state index contributed by atoms with van der Waals surface area (Å²) in [4.78, 5) is 4.59. The van der Waals surface area contributed by atoms with Gasteiger partial charge in [-0.15, -0.1) is 21.5 Å². The predicted molar refractivity (Wildman–Crippen MR) is 112 cm³/mol. The lowest BCUT2D eigenvalue weighted by Gasteiger charge is -2.03. The lowest BCUT2D eigenvalue weighted by Crippen LogP contribution is -1.95. The molecule has 0 aliphatic carbocycles. The van der Waals surface area contributed by atoms with Gasteiger partial charge in [-0.1, -0.05) is 41.1 Å². The summed E-state index contributed by atoms with van der Waals surface area (Å²) in [5.74, 6) is 1.95. The number of nitrogens with zero attached hydrogens (tertiary/aromatic N) is 3. The molecule has 0 atom stereocenters. The Hall–Kier alpha value is -2.35. The van der Waals surface area contributed by atoms with Gasteiger partial charge in [0.2, 0.25) is 5.89 Å². The van der Waals surface area contributed by atoms with Crippen LogP contribution in [-0.2, 0) is 12.4 Å². The molecule has 0 aliphatic rings. The lowest BCUT2D eigenvalue weighted by molar-refractivity contribution is 0.305. The van der Waals surface area contributed by atoms with Crippen LogP contribution in [0.1, 0.15) is 16.3 Å². The number of thioether (sulfide) groups is 1. The van der Waals surface area contributed by atoms with Gasteiger partial charge in [0.1, 0.15) is 17.4 Å². The van der Waals surface area contributed by atoms with E-state index in [-0.39, 0.29) is 0 Å². The quantitative estimate of drug-likeness (QED) is 0.334. The van der Waals surface area contributed by atoms with Gasteiger partial charge in [-0.3, -0.25) is 0 Å². The maximum atomic E-state index is 5.87. The second-order valence-corrected chi connectivity index (χ2v) is 8.31. The van der Waals surface area contributed by atoms with Crippen LogP contribution in [0.4, 0.5) is 0 Å². The third kappa shape index (κ3) is 4.92. The van der Waals surface area contributed by atoms with Gasteiger partial charge in [0, 0.05) is 21.7 Å². The Bertz CT molecular complexity index is 1050. The molecule has 0 unspecified atom stereocenters. The molecule has 0 saturated carbocycles. The number of ether oxygens (including phenoxy) is 1. The fourth-order valence-corrected chi connectivity index (χ4v) is 3.97. The SMILES string of the molecule is Cc1ccc(-c2nnc(SCc3csc(COc4ccc(Cl)cc4)n3)o2)cc1. The highest BCUT2D eigenvalue weighted by Crippen LogP contribution is 2.26. The monoisotopic (exact) mass is 429 g/mol. The highest BCUT2D eigenvalue weighted by Gasteiger charge is 2.11. The Morgan fingerprint density at radius 3 is 2.64 bits per heavy atom. The molecule has 0 spiro atoms. The van der Waals surface area contributed by atoms with Crippen molar-refractivity contribution in [2.24, 2.45) is 0 Å². The molecule has 2 aromatic carbocycles. The van der Waals surface area contributed by atoms with Crippen molar-refractivity contribution < 1.29 is 9.15 Å². The first kappa shape index (κ1) is 19.0. The maximum absolute atomic E-state index is 5.87. The molecule has 0 N–H and O–H groups in total. The van der Waals surface area contributed by atoms with Gasteiger partial charge >= 0.3 is 0 Å². The van der Waals surface area contributed by atoms with E-state index in [0.717, 1.165) is 22.0 Å². The molecule has 0 radical (unpaired) electrons. The molecule has 0 bridgehead atoms. The molecule has 5 nitrogen and oxygen atoms in total. The zero-order valence-corrected chi connectivity index (χ0v) is 17.4. The molecular formula is C20H16ClN3O2S2. The van der Waals surface area contributed by atoms with Crippen molar-refractivity contribution in [1.82, 2.24) is 15.2 Å². The van der Waals surface area contributed by atoms with Crippen molar-refractivity contribution in [2.75, 3.05) is 0 Å². The van der Waals surface area contributed by atoms with E-state index in [0.29, 0.717) is 28.5 Å². The number of hydrogen-bond acceptors (Lipinski definition) is 7. The first-order chi connectivity index (χ1) is 13.7. The zero-order valence-electron chi connectivity index (χ0n) is 15.0. The molecule has 4 aromatic rings. The Balaban J connectivity index is 1.31. The maximum Gasteiger partial charge on any atom is 0.277 e. The second kappa shape index (κ2) is 8.77. The van der Waals surface area contributed by atoms with E-state index in [1.165, 1.54) is 17.3 Å². The van der Waals surface area contributed by atoms with Crippen LogP contribution in [-0.4, -0.2) is 15.2 Å². The highest BCUT2D eigenvalue weighted by molar-refractivity contribution is 7.98. The van der Waals surface area contributed by atoms with E-state index in [1.54, 1.807) is 23.5 Å². The molecule has 0 aliphatic heterocycles. The third-order valence-corrected chi connectivity index (χ3v) is 5.80. The molecule has 2 aromatic heterocycles. The van der Waals surface area contributed by atoms with Crippen LogP contribution in [0.3, 0.4) is 0 Å². The van der Waals surface area contributed by atoms with E-state index in [1.807, 2.05) is 48.7 Å². The zero-order chi connectivity index (χ0) is 19.3. The van der Waals surface area contributed by atoms with Crippen molar-refractivity contribution in [3.05, 3.63) is 75.2 Å². The standard InChI is InChI=1S/C20H16ClN3O2S2/c1-13-2-4-14(5-3-13)19-23-24-20(26-19)28-12-16-11-27-18(22-16)10-25-17-8-6-15(21)7-9-17/h2-9,11H,10,12H2,1H3. The smallest absolute Gasteiger partial charge is 0.277 e. The van der Waals surface area contributed by atoms with Crippen LogP contribution in [0.2, 0.25) is 5.02 Å². The van der Waals surface area contributed by atoms with E-state index in [4.69, 9.17) is 20.8 Å². The number of halogens is 1. The molecule has 8 heteroatoms. The highest BCUT2D eigenvalue weighted by atomic mass is 35.5. The number of aryl methyl sites for hydroxylation is 1. The normalized spacial score (nSPS) is 10.9. The fraction of sp³-hybridized carbons (Fsp3) is 0.150. The lowest BCUT2D eigenvalue weighted by atomic mass is 10.1. The van der Waals surface area contributed by atoms with Crippen LogP contribution in [0.25, 0.3) is 11.5 Å². The average Bonchev–Trinajstić information content (AvgIpc) is 3.36. The van der Waals surface area contributed by atoms with E-state index < -0.39 is 0 Å². The Labute approximate surface area is 175 Å². The van der Waals surface area contributed by atoms with Gasteiger partial charge < -0.3 is 9.15 Å². The van der Waals surface area contributed by atoms with Crippen molar-refractivity contribution in [3.8, 4) is 17.2 Å². The summed E-state index contributed by atoms with van der Waals surface area (Å²) in [6.45, 7) is 2.47. The van der Waals surface area contributed by atoms with Crippen molar-refractivity contribution >= 4 is 34.7 Å². The number of hydrogen-bond donors (Lipinski definition) is 0. The first-order valence-corrected chi connectivity index (χ1v) is 10.7. The Kier molecular flexibility index (Phi) is 5.95. The topological polar surface area (TPSA) is 61.0 Å². The van der Waals surface area contributed by atoms with E-state index in [9.17, 15) is 0 Å². The summed E-state index contributed by atoms with van der Waals surface area (Å²) in [5.41, 5.74) is 3.07. The minimum atomic E-state index is 0.426. The van der Waals surface area contributed by atoms with Gasteiger partial charge in [0.25, 0.3) is 5.22 Å². The van der Waals surface area contributed by atoms with E-state index >= 15 is 0 Å². The minimum absolute atomic E-state index is 0.426. The summed E-state index contributed by atoms with van der Waals surface area (Å²) in [6.07, 6.45) is 0. The molecule has 0 amide bonds. The first-order valence-electron chi connectivity index (χ1n) is 8.51. The van der Waals surface area contributed by atoms with Crippen molar-refractivity contribution in [3.63, 3.8) is 0 Å². The molecule has 0 fully saturated rings. The number of rotatable bonds is 7. The number of aromatic nitrogens is 3. The van der Waals surface area contributed by atoms with Crippen LogP contribution >= 0.6 is 34.7 Å². The third-order valence-electron chi connectivity index (χ3n) is 3.82. The van der Waals surface area contributed by atoms with Crippen molar-refractivity contribution in [2.45, 2.75) is 24.5 Å². The summed E-state index contributed by atoms with van der Waals surface area (Å²) >= 11 is 8.91. The van der Waals surface area contributed by atoms with E-state index in [2.05, 4.69) is 15.2 Å².